The van der Waals surface area contributed by atoms with Crippen LogP contribution >= 0.6 is 0 Å². The van der Waals surface area contributed by atoms with E-state index in [1.165, 1.54) is 25.0 Å². The van der Waals surface area contributed by atoms with Crippen LogP contribution in [0.5, 0.6) is 0 Å². The van der Waals surface area contributed by atoms with Gasteiger partial charge in [-0.3, -0.25) is 0 Å². The zero-order chi connectivity index (χ0) is 16.2. The summed E-state index contributed by atoms with van der Waals surface area (Å²) in [7, 11) is 2.16. The van der Waals surface area contributed by atoms with Crippen LogP contribution in [0, 0.1) is 11.7 Å². The van der Waals surface area contributed by atoms with Crippen LogP contribution in [0.15, 0.2) is 24.3 Å². The number of nitrogens with zero attached hydrogens (tertiary/aromatic N) is 2. The molecule has 2 fully saturated rings. The second-order valence-electron chi connectivity index (χ2n) is 6.79. The monoisotopic (exact) mass is 320 g/mol. The van der Waals surface area contributed by atoms with Gasteiger partial charge in [-0.1, -0.05) is 12.1 Å². The van der Waals surface area contributed by atoms with Gasteiger partial charge < -0.3 is 14.5 Å². The van der Waals surface area contributed by atoms with Gasteiger partial charge in [-0.25, -0.2) is 9.18 Å². The molecule has 0 spiro atoms. The summed E-state index contributed by atoms with van der Waals surface area (Å²) in [6.45, 7) is 3.49. The summed E-state index contributed by atoms with van der Waals surface area (Å²) >= 11 is 0. The number of carbonyl (C=O) groups excluding carboxylic acids is 1. The first-order valence-corrected chi connectivity index (χ1v) is 8.48. The Morgan fingerprint density at radius 2 is 1.91 bits per heavy atom. The van der Waals surface area contributed by atoms with Gasteiger partial charge in [-0.15, -0.1) is 0 Å². The summed E-state index contributed by atoms with van der Waals surface area (Å²) in [6, 6.07) is 6.57. The third-order valence-corrected chi connectivity index (χ3v) is 5.08. The molecular formula is C18H25FN2O2. The van der Waals surface area contributed by atoms with Crippen molar-refractivity contribution in [1.82, 2.24) is 9.80 Å². The highest BCUT2D eigenvalue weighted by atomic mass is 19.1. The van der Waals surface area contributed by atoms with Crippen molar-refractivity contribution in [1.29, 1.82) is 0 Å². The molecule has 23 heavy (non-hydrogen) atoms. The van der Waals surface area contributed by atoms with Crippen LogP contribution in [0.2, 0.25) is 0 Å². The minimum absolute atomic E-state index is 0.0687. The standard InChI is InChI=1S/C18H25FN2O2/c1-20-9-6-14(7-10-20)8-11-21-17(13-23-18(21)22)12-15-2-4-16(19)5-3-15/h2-5,14,17H,6-13H2,1H3. The molecule has 2 aliphatic heterocycles. The van der Waals surface area contributed by atoms with Gasteiger partial charge in [0.25, 0.3) is 0 Å². The van der Waals surface area contributed by atoms with Crippen LogP contribution in [-0.2, 0) is 11.2 Å². The summed E-state index contributed by atoms with van der Waals surface area (Å²) in [6.07, 6.45) is 3.98. The van der Waals surface area contributed by atoms with Crippen molar-refractivity contribution in [2.24, 2.45) is 5.92 Å². The quantitative estimate of drug-likeness (QED) is 0.836. The molecule has 1 aromatic carbocycles. The van der Waals surface area contributed by atoms with Gasteiger partial charge in [-0.2, -0.15) is 0 Å². The van der Waals surface area contributed by atoms with Crippen LogP contribution < -0.4 is 0 Å². The molecule has 3 rings (SSSR count). The molecule has 1 unspecified atom stereocenters. The summed E-state index contributed by atoms with van der Waals surface area (Å²) in [5.74, 6) is 0.470. The summed E-state index contributed by atoms with van der Waals surface area (Å²) in [5, 5.41) is 0. The molecule has 5 heteroatoms. The third-order valence-electron chi connectivity index (χ3n) is 5.08. The third kappa shape index (κ3) is 4.22. The molecule has 0 N–H and O–H groups in total. The fraction of sp³-hybridized carbons (Fsp3) is 0.611. The molecule has 0 saturated carbocycles. The zero-order valence-corrected chi connectivity index (χ0v) is 13.7. The fourth-order valence-corrected chi connectivity index (χ4v) is 3.50. The Morgan fingerprint density at radius 1 is 1.22 bits per heavy atom. The van der Waals surface area contributed by atoms with Crippen LogP contribution in [-0.4, -0.2) is 55.2 Å². The average Bonchev–Trinajstić information content (AvgIpc) is 2.89. The number of piperidine rings is 1. The maximum Gasteiger partial charge on any atom is 0.410 e. The Hall–Kier alpha value is -1.62. The highest BCUT2D eigenvalue weighted by Gasteiger charge is 2.33. The van der Waals surface area contributed by atoms with E-state index in [9.17, 15) is 9.18 Å². The largest absolute Gasteiger partial charge is 0.447 e. The van der Waals surface area contributed by atoms with Crippen LogP contribution in [0.25, 0.3) is 0 Å². The highest BCUT2D eigenvalue weighted by molar-refractivity contribution is 5.70. The number of cyclic esters (lactones) is 1. The maximum absolute atomic E-state index is 13.0. The molecule has 2 heterocycles. The smallest absolute Gasteiger partial charge is 0.410 e. The van der Waals surface area contributed by atoms with Crippen molar-refractivity contribution in [3.05, 3.63) is 35.6 Å². The lowest BCUT2D eigenvalue weighted by molar-refractivity contribution is 0.151. The molecular weight excluding hydrogens is 295 g/mol. The maximum atomic E-state index is 13.0. The van der Waals surface area contributed by atoms with Crippen molar-refractivity contribution in [3.8, 4) is 0 Å². The number of hydrogen-bond donors (Lipinski definition) is 0. The molecule has 2 aliphatic rings. The normalized spacial score (nSPS) is 23.3. The molecule has 0 radical (unpaired) electrons. The average molecular weight is 320 g/mol. The van der Waals surface area contributed by atoms with Crippen LogP contribution in [0.4, 0.5) is 9.18 Å². The molecule has 1 amide bonds. The van der Waals surface area contributed by atoms with Crippen molar-refractivity contribution in [2.75, 3.05) is 33.3 Å². The number of amides is 1. The first-order chi connectivity index (χ1) is 11.1. The molecule has 1 atom stereocenters. The van der Waals surface area contributed by atoms with Crippen molar-refractivity contribution < 1.29 is 13.9 Å². The van der Waals surface area contributed by atoms with Gasteiger partial charge >= 0.3 is 6.09 Å². The van der Waals surface area contributed by atoms with E-state index in [0.29, 0.717) is 12.5 Å². The fourth-order valence-electron chi connectivity index (χ4n) is 3.50. The van der Waals surface area contributed by atoms with E-state index in [4.69, 9.17) is 4.74 Å². The van der Waals surface area contributed by atoms with E-state index in [0.717, 1.165) is 38.0 Å². The molecule has 2 saturated heterocycles. The zero-order valence-electron chi connectivity index (χ0n) is 13.7. The second kappa shape index (κ2) is 7.30. The lowest BCUT2D eigenvalue weighted by Crippen LogP contribution is -2.38. The molecule has 4 nitrogen and oxygen atoms in total. The Labute approximate surface area is 137 Å². The van der Waals surface area contributed by atoms with Gasteiger partial charge in [0.15, 0.2) is 0 Å². The Bertz CT molecular complexity index is 526. The summed E-state index contributed by atoms with van der Waals surface area (Å²) in [5.41, 5.74) is 1.04. The predicted molar refractivity (Wildman–Crippen MR) is 86.8 cm³/mol. The van der Waals surface area contributed by atoms with Gasteiger partial charge in [0.05, 0.1) is 6.04 Å². The van der Waals surface area contributed by atoms with Gasteiger partial charge in [0.2, 0.25) is 0 Å². The highest BCUT2D eigenvalue weighted by Crippen LogP contribution is 2.23. The summed E-state index contributed by atoms with van der Waals surface area (Å²) in [4.78, 5) is 16.2. The van der Waals surface area contributed by atoms with Crippen LogP contribution in [0.3, 0.4) is 0 Å². The number of halogens is 1. The Kier molecular flexibility index (Phi) is 5.16. The van der Waals surface area contributed by atoms with Gasteiger partial charge in [-0.05, 0) is 69.4 Å². The minimum atomic E-state index is -0.230. The number of benzene rings is 1. The van der Waals surface area contributed by atoms with Crippen molar-refractivity contribution >= 4 is 6.09 Å². The molecule has 0 aromatic heterocycles. The van der Waals surface area contributed by atoms with Crippen molar-refractivity contribution in [3.63, 3.8) is 0 Å². The Balaban J connectivity index is 1.53. The molecule has 126 valence electrons. The number of rotatable bonds is 5. The number of likely N-dealkylation sites (tertiary alicyclic amines) is 1. The number of hydrogen-bond acceptors (Lipinski definition) is 3. The first-order valence-electron chi connectivity index (χ1n) is 8.48. The minimum Gasteiger partial charge on any atom is -0.447 e. The van der Waals surface area contributed by atoms with Crippen molar-refractivity contribution in [2.45, 2.75) is 31.7 Å². The lowest BCUT2D eigenvalue weighted by atomic mass is 9.93. The van der Waals surface area contributed by atoms with E-state index in [-0.39, 0.29) is 18.0 Å². The molecule has 0 bridgehead atoms. The van der Waals surface area contributed by atoms with E-state index in [1.807, 2.05) is 4.90 Å². The second-order valence-corrected chi connectivity index (χ2v) is 6.79. The van der Waals surface area contributed by atoms with Gasteiger partial charge in [0, 0.05) is 6.54 Å². The molecule has 1 aromatic rings. The molecule has 0 aliphatic carbocycles. The topological polar surface area (TPSA) is 32.8 Å². The Morgan fingerprint density at radius 3 is 2.61 bits per heavy atom. The lowest BCUT2D eigenvalue weighted by Gasteiger charge is -2.30. The van der Waals surface area contributed by atoms with Crippen LogP contribution in [0.1, 0.15) is 24.8 Å². The van der Waals surface area contributed by atoms with E-state index in [2.05, 4.69) is 11.9 Å². The van der Waals surface area contributed by atoms with Gasteiger partial charge in [0.1, 0.15) is 12.4 Å². The first kappa shape index (κ1) is 16.2. The predicted octanol–water partition coefficient (Wildman–Crippen LogP) is 2.92. The number of carbonyl (C=O) groups is 1. The number of ether oxygens (including phenoxy) is 1. The van der Waals surface area contributed by atoms with E-state index < -0.39 is 0 Å². The van der Waals surface area contributed by atoms with E-state index >= 15 is 0 Å². The summed E-state index contributed by atoms with van der Waals surface area (Å²) < 4.78 is 18.2. The van der Waals surface area contributed by atoms with E-state index in [1.54, 1.807) is 12.1 Å². The SMILES string of the molecule is CN1CCC(CCN2C(=O)OCC2Cc2ccc(F)cc2)CC1.